The highest BCUT2D eigenvalue weighted by Crippen LogP contribution is 2.16. The largest absolute Gasteiger partial charge is 0.497 e. The quantitative estimate of drug-likeness (QED) is 0.701. The summed E-state index contributed by atoms with van der Waals surface area (Å²) in [5.74, 6) is 0.725. The lowest BCUT2D eigenvalue weighted by Crippen LogP contribution is -1.90. The molecule has 0 aromatic heterocycles. The summed E-state index contributed by atoms with van der Waals surface area (Å²) in [5.41, 5.74) is 0.559. The van der Waals surface area contributed by atoms with E-state index in [4.69, 9.17) is 6.11 Å². The monoisotopic (exact) mass is 153 g/mol. The summed E-state index contributed by atoms with van der Waals surface area (Å²) in [7, 11) is 1.58. The van der Waals surface area contributed by atoms with Crippen LogP contribution >= 0.6 is 0 Å². The summed E-state index contributed by atoms with van der Waals surface area (Å²) >= 11 is 0. The second-order valence-electron chi connectivity index (χ2n) is 2.31. The van der Waals surface area contributed by atoms with Crippen LogP contribution < -0.4 is 4.74 Å². The molecule has 1 atom stereocenters. The fraction of sp³-hybridized carbons (Fsp3) is 0.333. The van der Waals surface area contributed by atoms with Crippen molar-refractivity contribution in [3.63, 3.8) is 0 Å². The second kappa shape index (κ2) is 3.39. The van der Waals surface area contributed by atoms with Crippen molar-refractivity contribution in [2.75, 3.05) is 7.11 Å². The van der Waals surface area contributed by atoms with Crippen molar-refractivity contribution in [1.82, 2.24) is 0 Å². The van der Waals surface area contributed by atoms with Gasteiger partial charge in [0.15, 0.2) is 0 Å². The van der Waals surface area contributed by atoms with Crippen LogP contribution in [0.3, 0.4) is 0 Å². The molecule has 0 unspecified atom stereocenters. The first-order chi connectivity index (χ1) is 5.54. The molecule has 1 N–H and O–H groups in total. The van der Waals surface area contributed by atoms with Gasteiger partial charge in [0.1, 0.15) is 5.75 Å². The van der Waals surface area contributed by atoms with Gasteiger partial charge in [-0.15, -0.1) is 0 Å². The third-order valence-corrected chi connectivity index (χ3v) is 1.51. The predicted octanol–water partition coefficient (Wildman–Crippen LogP) is 1.75. The molecule has 0 aliphatic carbocycles. The molecule has 2 nitrogen and oxygen atoms in total. The van der Waals surface area contributed by atoms with Gasteiger partial charge < -0.3 is 9.84 Å². The summed E-state index contributed by atoms with van der Waals surface area (Å²) in [5, 5.41) is 9.28. The Kier molecular flexibility index (Phi) is 2.06. The van der Waals surface area contributed by atoms with Crippen LogP contribution in [0.4, 0.5) is 0 Å². The first kappa shape index (κ1) is 6.68. The zero-order chi connectivity index (χ0) is 9.19. The molecule has 0 heterocycles. The Balaban J connectivity index is 2.93. The smallest absolute Gasteiger partial charge is 0.118 e. The zero-order valence-electron chi connectivity index (χ0n) is 7.66. The van der Waals surface area contributed by atoms with Gasteiger partial charge in [-0.2, -0.15) is 0 Å². The maximum absolute atomic E-state index is 9.28. The van der Waals surface area contributed by atoms with Crippen molar-refractivity contribution < 1.29 is 11.2 Å². The Morgan fingerprint density at radius 2 is 2.00 bits per heavy atom. The molecule has 1 rings (SSSR count). The molecule has 11 heavy (non-hydrogen) atoms. The summed E-state index contributed by atoms with van der Waals surface area (Å²) in [6, 6.07) is 6.79. The molecule has 0 aliphatic rings. The SMILES string of the molecule is [2H][C@](C)(O)c1ccc(OC)cc1. The fourth-order valence-corrected chi connectivity index (χ4v) is 0.832. The Labute approximate surface area is 67.8 Å². The number of hydrogen-bond acceptors (Lipinski definition) is 2. The number of aliphatic hydroxyl groups is 1. The van der Waals surface area contributed by atoms with Gasteiger partial charge in [0.25, 0.3) is 0 Å². The van der Waals surface area contributed by atoms with E-state index < -0.39 is 6.08 Å². The standard InChI is InChI=1S/C9H12O2/c1-7(10)8-3-5-9(11-2)6-4-8/h3-7,10H,1-2H3/t7-/m1/s1/i7D. The molecule has 60 valence electrons. The van der Waals surface area contributed by atoms with Crippen molar-refractivity contribution in [3.05, 3.63) is 29.8 Å². The van der Waals surface area contributed by atoms with Crippen molar-refractivity contribution in [3.8, 4) is 5.75 Å². The van der Waals surface area contributed by atoms with Crippen molar-refractivity contribution >= 4 is 0 Å². The molecule has 0 radical (unpaired) electrons. The number of ether oxygens (including phenoxy) is 1. The average Bonchev–Trinajstić information content (AvgIpc) is 2.03. The summed E-state index contributed by atoms with van der Waals surface area (Å²) in [4.78, 5) is 0. The number of methoxy groups -OCH3 is 1. The van der Waals surface area contributed by atoms with Gasteiger partial charge in [0, 0.05) is 0 Å². The third-order valence-electron chi connectivity index (χ3n) is 1.51. The molecule has 0 aliphatic heterocycles. The third kappa shape index (κ3) is 1.95. The van der Waals surface area contributed by atoms with Crippen molar-refractivity contribution in [2.45, 2.75) is 13.0 Å². The van der Waals surface area contributed by atoms with E-state index in [9.17, 15) is 5.11 Å². The van der Waals surface area contributed by atoms with Crippen molar-refractivity contribution in [1.29, 1.82) is 0 Å². The minimum atomic E-state index is -1.52. The molecular weight excluding hydrogens is 140 g/mol. The Morgan fingerprint density at radius 1 is 1.45 bits per heavy atom. The Hall–Kier alpha value is -1.02. The Morgan fingerprint density at radius 3 is 2.36 bits per heavy atom. The van der Waals surface area contributed by atoms with Crippen LogP contribution in [0.25, 0.3) is 0 Å². The Bertz CT molecular complexity index is 248. The van der Waals surface area contributed by atoms with E-state index in [0.29, 0.717) is 5.56 Å². The summed E-state index contributed by atoms with van der Waals surface area (Å²) in [6.07, 6.45) is -1.52. The fourth-order valence-electron chi connectivity index (χ4n) is 0.832. The normalized spacial score (nSPS) is 16.8. The van der Waals surface area contributed by atoms with E-state index in [-0.39, 0.29) is 0 Å². The summed E-state index contributed by atoms with van der Waals surface area (Å²) in [6.45, 7) is 1.43. The average molecular weight is 153 g/mol. The van der Waals surface area contributed by atoms with E-state index >= 15 is 0 Å². The molecular formula is C9H12O2. The lowest BCUT2D eigenvalue weighted by Gasteiger charge is -2.04. The van der Waals surface area contributed by atoms with E-state index in [0.717, 1.165) is 5.75 Å². The minimum absolute atomic E-state index is 0.559. The first-order valence-electron chi connectivity index (χ1n) is 3.91. The van der Waals surface area contributed by atoms with Gasteiger partial charge in [0.05, 0.1) is 14.6 Å². The number of rotatable bonds is 2. The van der Waals surface area contributed by atoms with E-state index in [1.54, 1.807) is 31.4 Å². The van der Waals surface area contributed by atoms with Gasteiger partial charge in [0.2, 0.25) is 0 Å². The van der Waals surface area contributed by atoms with Gasteiger partial charge in [-0.25, -0.2) is 0 Å². The van der Waals surface area contributed by atoms with E-state index in [1.165, 1.54) is 6.92 Å². The van der Waals surface area contributed by atoms with Crippen LogP contribution in [0.15, 0.2) is 24.3 Å². The van der Waals surface area contributed by atoms with Gasteiger partial charge in [-0.1, -0.05) is 12.1 Å². The maximum Gasteiger partial charge on any atom is 0.118 e. The molecule has 0 saturated heterocycles. The highest BCUT2D eigenvalue weighted by Gasteiger charge is 1.98. The number of hydrogen-bond donors (Lipinski definition) is 1. The highest BCUT2D eigenvalue weighted by molar-refractivity contribution is 5.27. The molecule has 1 aromatic rings. The van der Waals surface area contributed by atoms with Crippen LogP contribution in [0, 0.1) is 0 Å². The minimum Gasteiger partial charge on any atom is -0.497 e. The zero-order valence-corrected chi connectivity index (χ0v) is 6.66. The van der Waals surface area contributed by atoms with Crippen LogP contribution in [-0.4, -0.2) is 12.2 Å². The second-order valence-corrected chi connectivity index (χ2v) is 2.31. The summed E-state index contributed by atoms with van der Waals surface area (Å²) < 4.78 is 12.3. The lowest BCUT2D eigenvalue weighted by atomic mass is 10.1. The van der Waals surface area contributed by atoms with Crippen LogP contribution in [0.2, 0.25) is 0 Å². The van der Waals surface area contributed by atoms with Crippen LogP contribution in [0.1, 0.15) is 19.9 Å². The molecule has 0 amide bonds. The molecule has 0 spiro atoms. The molecule has 0 bridgehead atoms. The molecule has 1 aromatic carbocycles. The topological polar surface area (TPSA) is 29.5 Å². The van der Waals surface area contributed by atoms with E-state index in [2.05, 4.69) is 0 Å². The predicted molar refractivity (Wildman–Crippen MR) is 43.6 cm³/mol. The molecule has 0 saturated carbocycles. The molecule has 2 heteroatoms. The van der Waals surface area contributed by atoms with Crippen LogP contribution in [0.5, 0.6) is 5.75 Å². The lowest BCUT2D eigenvalue weighted by molar-refractivity contribution is 0.199. The molecule has 0 fully saturated rings. The van der Waals surface area contributed by atoms with Gasteiger partial charge >= 0.3 is 0 Å². The van der Waals surface area contributed by atoms with E-state index in [1.807, 2.05) is 0 Å². The van der Waals surface area contributed by atoms with Crippen LogP contribution in [-0.2, 0) is 0 Å². The highest BCUT2D eigenvalue weighted by atomic mass is 16.5. The first-order valence-corrected chi connectivity index (χ1v) is 3.41. The van der Waals surface area contributed by atoms with Crippen molar-refractivity contribution in [2.24, 2.45) is 0 Å². The number of benzene rings is 1. The maximum atomic E-state index is 9.28. The van der Waals surface area contributed by atoms with Gasteiger partial charge in [-0.3, -0.25) is 0 Å². The van der Waals surface area contributed by atoms with Gasteiger partial charge in [-0.05, 0) is 24.6 Å².